The van der Waals surface area contributed by atoms with E-state index < -0.39 is 5.60 Å². The molecule has 1 atom stereocenters. The Hall–Kier alpha value is -3.07. The predicted octanol–water partition coefficient (Wildman–Crippen LogP) is 3.84. The van der Waals surface area contributed by atoms with Crippen molar-refractivity contribution >= 4 is 16.9 Å². The van der Waals surface area contributed by atoms with Gasteiger partial charge >= 0.3 is 0 Å². The van der Waals surface area contributed by atoms with Crippen molar-refractivity contribution in [3.05, 3.63) is 59.4 Å². The normalized spacial score (nSPS) is 19.9. The van der Waals surface area contributed by atoms with E-state index >= 15 is 0 Å². The Bertz CT molecular complexity index is 1210. The first-order chi connectivity index (χ1) is 17.5. The lowest BCUT2D eigenvalue weighted by Crippen LogP contribution is -2.42. The number of ether oxygens (including phenoxy) is 3. The second kappa shape index (κ2) is 10.5. The molecule has 2 saturated heterocycles. The van der Waals surface area contributed by atoms with E-state index in [0.29, 0.717) is 25.0 Å². The quantitative estimate of drug-likeness (QED) is 0.491. The molecule has 0 radical (unpaired) electrons. The Morgan fingerprint density at radius 1 is 1.17 bits per heavy atom. The Kier molecular flexibility index (Phi) is 7.18. The summed E-state index contributed by atoms with van der Waals surface area (Å²) in [6.45, 7) is 3.46. The van der Waals surface area contributed by atoms with Gasteiger partial charge < -0.3 is 29.1 Å². The van der Waals surface area contributed by atoms with Crippen LogP contribution in [0.5, 0.6) is 11.5 Å². The van der Waals surface area contributed by atoms with Gasteiger partial charge in [0.15, 0.2) is 17.3 Å². The first kappa shape index (κ1) is 24.6. The van der Waals surface area contributed by atoms with Crippen LogP contribution in [-0.2, 0) is 16.9 Å². The molecular formula is C28H34N2O6. The van der Waals surface area contributed by atoms with Gasteiger partial charge in [-0.25, -0.2) is 0 Å². The lowest BCUT2D eigenvalue weighted by atomic mass is 9.84. The van der Waals surface area contributed by atoms with E-state index in [0.717, 1.165) is 67.1 Å². The van der Waals surface area contributed by atoms with Crippen molar-refractivity contribution in [2.75, 3.05) is 40.5 Å². The van der Waals surface area contributed by atoms with Crippen LogP contribution in [0.2, 0.25) is 0 Å². The highest BCUT2D eigenvalue weighted by molar-refractivity contribution is 5.96. The molecular weight excluding hydrogens is 460 g/mol. The highest BCUT2D eigenvalue weighted by Crippen LogP contribution is 2.37. The van der Waals surface area contributed by atoms with Crippen molar-refractivity contribution in [1.29, 1.82) is 0 Å². The summed E-state index contributed by atoms with van der Waals surface area (Å²) in [5, 5.41) is 15.2. The Labute approximate surface area is 211 Å². The van der Waals surface area contributed by atoms with Gasteiger partial charge in [0.05, 0.1) is 25.9 Å². The van der Waals surface area contributed by atoms with Gasteiger partial charge in [0, 0.05) is 43.7 Å². The van der Waals surface area contributed by atoms with Gasteiger partial charge in [0.1, 0.15) is 5.58 Å². The summed E-state index contributed by atoms with van der Waals surface area (Å²) < 4.78 is 22.3. The minimum Gasteiger partial charge on any atom is -0.493 e. The Balaban J connectivity index is 1.23. The second-order valence-electron chi connectivity index (χ2n) is 9.67. The summed E-state index contributed by atoms with van der Waals surface area (Å²) in [4.78, 5) is 14.9. The molecule has 2 aliphatic rings. The second-order valence-corrected chi connectivity index (χ2v) is 9.67. The maximum atomic E-state index is 12.6. The van der Waals surface area contributed by atoms with E-state index in [1.165, 1.54) is 0 Å². The summed E-state index contributed by atoms with van der Waals surface area (Å²) in [5.41, 5.74) is 1.61. The highest BCUT2D eigenvalue weighted by atomic mass is 16.5. The predicted molar refractivity (Wildman–Crippen MR) is 135 cm³/mol. The number of nitrogens with zero attached hydrogens (tertiary/aromatic N) is 1. The van der Waals surface area contributed by atoms with Crippen LogP contribution in [0.1, 0.15) is 47.4 Å². The number of benzene rings is 2. The lowest BCUT2D eigenvalue weighted by molar-refractivity contribution is -0.0277. The molecule has 0 spiro atoms. The maximum Gasteiger partial charge on any atom is 0.287 e. The molecule has 8 nitrogen and oxygen atoms in total. The summed E-state index contributed by atoms with van der Waals surface area (Å²) in [5.74, 6) is 1.50. The molecule has 5 rings (SSSR count). The molecule has 0 saturated carbocycles. The molecule has 0 aliphatic carbocycles. The highest BCUT2D eigenvalue weighted by Gasteiger charge is 2.34. The average molecular weight is 495 g/mol. The van der Waals surface area contributed by atoms with Crippen LogP contribution in [0, 0.1) is 0 Å². The van der Waals surface area contributed by atoms with E-state index in [-0.39, 0.29) is 17.8 Å². The molecule has 2 aliphatic heterocycles. The number of carbonyl (C=O) groups excluding carboxylic acids is 1. The van der Waals surface area contributed by atoms with Crippen molar-refractivity contribution in [2.45, 2.75) is 43.9 Å². The van der Waals surface area contributed by atoms with Crippen LogP contribution in [-0.4, -0.2) is 62.5 Å². The fraction of sp³-hybridized carbons (Fsp3) is 0.464. The standard InChI is InChI=1S/C28H34N2O6/c1-33-24-7-3-5-19(26(24)34-2)18-30-12-10-28(32,11-13-30)21-8-9-23-20(15-21)16-25(36-23)27(31)29-17-22-6-4-14-35-22/h3,5,7-9,15-16,22,32H,4,6,10-14,17-18H2,1-2H3,(H,29,31). The van der Waals surface area contributed by atoms with E-state index in [1.807, 2.05) is 36.4 Å². The van der Waals surface area contributed by atoms with Crippen molar-refractivity contribution in [3.8, 4) is 11.5 Å². The van der Waals surface area contributed by atoms with Crippen molar-refractivity contribution in [1.82, 2.24) is 10.2 Å². The summed E-state index contributed by atoms with van der Waals surface area (Å²) in [6, 6.07) is 13.3. The smallest absolute Gasteiger partial charge is 0.287 e. The number of furan rings is 1. The molecule has 8 heteroatoms. The van der Waals surface area contributed by atoms with Crippen LogP contribution in [0.15, 0.2) is 46.9 Å². The van der Waals surface area contributed by atoms with Gasteiger partial charge in [-0.1, -0.05) is 18.2 Å². The maximum absolute atomic E-state index is 12.6. The van der Waals surface area contributed by atoms with Crippen LogP contribution < -0.4 is 14.8 Å². The first-order valence-electron chi connectivity index (χ1n) is 12.6. The third-order valence-electron chi connectivity index (χ3n) is 7.35. The number of aliphatic hydroxyl groups is 1. The van der Waals surface area contributed by atoms with Crippen molar-refractivity contribution in [2.24, 2.45) is 0 Å². The van der Waals surface area contributed by atoms with E-state index in [9.17, 15) is 9.90 Å². The summed E-state index contributed by atoms with van der Waals surface area (Å²) >= 11 is 0. The van der Waals surface area contributed by atoms with Gasteiger partial charge in [-0.15, -0.1) is 0 Å². The first-order valence-corrected chi connectivity index (χ1v) is 12.6. The molecule has 3 heterocycles. The molecule has 1 amide bonds. The minimum atomic E-state index is -0.928. The van der Waals surface area contributed by atoms with E-state index in [4.69, 9.17) is 18.6 Å². The number of nitrogens with one attached hydrogen (secondary N) is 1. The van der Waals surface area contributed by atoms with Crippen LogP contribution in [0.3, 0.4) is 0 Å². The third-order valence-corrected chi connectivity index (χ3v) is 7.35. The topological polar surface area (TPSA) is 93.4 Å². The number of hydrogen-bond donors (Lipinski definition) is 2. The monoisotopic (exact) mass is 494 g/mol. The largest absolute Gasteiger partial charge is 0.493 e. The number of carbonyl (C=O) groups is 1. The zero-order valence-corrected chi connectivity index (χ0v) is 20.9. The number of hydrogen-bond acceptors (Lipinski definition) is 7. The fourth-order valence-electron chi connectivity index (χ4n) is 5.23. The zero-order valence-electron chi connectivity index (χ0n) is 20.9. The van der Waals surface area contributed by atoms with E-state index in [1.54, 1.807) is 20.3 Å². The van der Waals surface area contributed by atoms with Crippen LogP contribution in [0.25, 0.3) is 11.0 Å². The number of rotatable bonds is 8. The van der Waals surface area contributed by atoms with Gasteiger partial charge in [-0.2, -0.15) is 0 Å². The lowest BCUT2D eigenvalue weighted by Gasteiger charge is -2.38. The number of amides is 1. The SMILES string of the molecule is COc1cccc(CN2CCC(O)(c3ccc4oc(C(=O)NCC5CCCO5)cc4c3)CC2)c1OC. The molecule has 192 valence electrons. The molecule has 36 heavy (non-hydrogen) atoms. The minimum absolute atomic E-state index is 0.0788. The van der Waals surface area contributed by atoms with Gasteiger partial charge in [0.2, 0.25) is 0 Å². The number of fused-ring (bicyclic) bond motifs is 1. The average Bonchev–Trinajstić information content (AvgIpc) is 3.58. The Morgan fingerprint density at radius 3 is 2.72 bits per heavy atom. The molecule has 1 aromatic heterocycles. The van der Waals surface area contributed by atoms with Gasteiger partial charge in [0.25, 0.3) is 5.91 Å². The van der Waals surface area contributed by atoms with Crippen molar-refractivity contribution < 1.29 is 28.5 Å². The Morgan fingerprint density at radius 2 is 2.00 bits per heavy atom. The molecule has 0 bridgehead atoms. The molecule has 1 unspecified atom stereocenters. The van der Waals surface area contributed by atoms with Crippen molar-refractivity contribution in [3.63, 3.8) is 0 Å². The number of piperidine rings is 1. The number of likely N-dealkylation sites (tertiary alicyclic amines) is 1. The summed E-state index contributed by atoms with van der Waals surface area (Å²) in [7, 11) is 3.29. The molecule has 2 aromatic carbocycles. The number of methoxy groups -OCH3 is 2. The number of para-hydroxylation sites is 1. The summed E-state index contributed by atoms with van der Waals surface area (Å²) in [6.07, 6.45) is 3.29. The molecule has 2 fully saturated rings. The van der Waals surface area contributed by atoms with Crippen LogP contribution >= 0.6 is 0 Å². The molecule has 2 N–H and O–H groups in total. The van der Waals surface area contributed by atoms with Gasteiger partial charge in [-0.05, 0) is 55.5 Å². The van der Waals surface area contributed by atoms with Crippen LogP contribution in [0.4, 0.5) is 0 Å². The molecule has 3 aromatic rings. The third kappa shape index (κ3) is 5.07. The van der Waals surface area contributed by atoms with E-state index in [2.05, 4.69) is 10.2 Å². The fourth-order valence-corrected chi connectivity index (χ4v) is 5.23. The van der Waals surface area contributed by atoms with Gasteiger partial charge in [-0.3, -0.25) is 9.69 Å². The zero-order chi connectivity index (χ0) is 25.1.